The molecule has 2 heterocycles. The van der Waals surface area contributed by atoms with E-state index in [-0.39, 0.29) is 5.91 Å². The topological polar surface area (TPSA) is 59.8 Å². The highest BCUT2D eigenvalue weighted by molar-refractivity contribution is 5.92. The van der Waals surface area contributed by atoms with Gasteiger partial charge in [-0.1, -0.05) is 19.1 Å². The van der Waals surface area contributed by atoms with E-state index in [1.165, 1.54) is 5.56 Å². The predicted molar refractivity (Wildman–Crippen MR) is 99.0 cm³/mol. The number of aryl methyl sites for hydroxylation is 2. The van der Waals surface area contributed by atoms with Crippen LogP contribution in [0.1, 0.15) is 29.3 Å². The van der Waals surface area contributed by atoms with Gasteiger partial charge in [-0.25, -0.2) is 4.68 Å². The molecule has 0 unspecified atom stereocenters. The third kappa shape index (κ3) is 3.76. The summed E-state index contributed by atoms with van der Waals surface area (Å²) in [6, 6.07) is 10.0. The summed E-state index contributed by atoms with van der Waals surface area (Å²) in [6.07, 6.45) is 6.31. The zero-order chi connectivity index (χ0) is 17.8. The van der Waals surface area contributed by atoms with Gasteiger partial charge in [-0.3, -0.25) is 9.78 Å². The van der Waals surface area contributed by atoms with Crippen molar-refractivity contribution in [2.45, 2.75) is 33.6 Å². The normalized spacial score (nSPS) is 10.7. The van der Waals surface area contributed by atoms with Crippen LogP contribution in [0, 0.1) is 13.8 Å². The van der Waals surface area contributed by atoms with Crippen LogP contribution in [0.15, 0.2) is 48.9 Å². The molecule has 5 heteroatoms. The molecule has 0 atom stereocenters. The van der Waals surface area contributed by atoms with Gasteiger partial charge in [0.05, 0.1) is 29.7 Å². The third-order valence-electron chi connectivity index (χ3n) is 4.21. The van der Waals surface area contributed by atoms with E-state index in [2.05, 4.69) is 41.4 Å². The van der Waals surface area contributed by atoms with Crippen LogP contribution in [0.5, 0.6) is 0 Å². The molecule has 5 nitrogen and oxygen atoms in total. The number of pyridine rings is 1. The molecule has 0 aliphatic carbocycles. The number of aromatic nitrogens is 3. The zero-order valence-electron chi connectivity index (χ0n) is 14.8. The Morgan fingerprint density at radius 1 is 1.20 bits per heavy atom. The number of hydrogen-bond donors (Lipinski definition) is 1. The molecule has 2 aromatic heterocycles. The third-order valence-corrected chi connectivity index (χ3v) is 4.21. The van der Waals surface area contributed by atoms with Crippen LogP contribution >= 0.6 is 0 Å². The molecule has 0 spiro atoms. The number of amides is 1. The lowest BCUT2D eigenvalue weighted by Gasteiger charge is -2.10. The first kappa shape index (κ1) is 16.9. The molecule has 0 fully saturated rings. The number of carbonyl (C=O) groups is 1. The Morgan fingerprint density at radius 2 is 2.04 bits per heavy atom. The Balaban J connectivity index is 1.81. The number of nitrogens with one attached hydrogen (secondary N) is 1. The number of carbonyl (C=O) groups excluding carboxylic acids is 1. The minimum Gasteiger partial charge on any atom is -0.323 e. The minimum absolute atomic E-state index is 0.0483. The average Bonchev–Trinajstić information content (AvgIpc) is 2.99. The largest absolute Gasteiger partial charge is 0.323 e. The van der Waals surface area contributed by atoms with Gasteiger partial charge in [0.25, 0.3) is 0 Å². The van der Waals surface area contributed by atoms with Crippen molar-refractivity contribution in [2.75, 3.05) is 5.32 Å². The molecule has 1 aromatic carbocycles. The van der Waals surface area contributed by atoms with E-state index in [4.69, 9.17) is 0 Å². The van der Waals surface area contributed by atoms with Crippen molar-refractivity contribution >= 4 is 11.6 Å². The minimum atomic E-state index is -0.0483. The zero-order valence-corrected chi connectivity index (χ0v) is 14.8. The van der Waals surface area contributed by atoms with Crippen LogP contribution in [0.25, 0.3) is 5.69 Å². The van der Waals surface area contributed by atoms with Crippen molar-refractivity contribution < 1.29 is 4.79 Å². The fourth-order valence-electron chi connectivity index (χ4n) is 2.87. The molecule has 128 valence electrons. The van der Waals surface area contributed by atoms with E-state index in [0.717, 1.165) is 34.6 Å². The van der Waals surface area contributed by atoms with Crippen LogP contribution < -0.4 is 5.32 Å². The van der Waals surface area contributed by atoms with Gasteiger partial charge in [-0.05, 0) is 55.2 Å². The van der Waals surface area contributed by atoms with E-state index in [1.54, 1.807) is 18.6 Å². The lowest BCUT2D eigenvalue weighted by Crippen LogP contribution is -2.16. The van der Waals surface area contributed by atoms with E-state index in [1.807, 2.05) is 29.8 Å². The lowest BCUT2D eigenvalue weighted by molar-refractivity contribution is -0.115. The maximum absolute atomic E-state index is 12.4. The van der Waals surface area contributed by atoms with Gasteiger partial charge in [-0.15, -0.1) is 0 Å². The van der Waals surface area contributed by atoms with Crippen LogP contribution in [0.3, 0.4) is 0 Å². The van der Waals surface area contributed by atoms with E-state index >= 15 is 0 Å². The molecule has 0 aliphatic rings. The monoisotopic (exact) mass is 334 g/mol. The van der Waals surface area contributed by atoms with E-state index in [0.29, 0.717) is 6.42 Å². The second-order valence-corrected chi connectivity index (χ2v) is 6.14. The first-order valence-electron chi connectivity index (χ1n) is 8.41. The maximum Gasteiger partial charge on any atom is 0.228 e. The molecule has 0 saturated carbocycles. The number of rotatable bonds is 5. The summed E-state index contributed by atoms with van der Waals surface area (Å²) in [7, 11) is 0. The van der Waals surface area contributed by atoms with Crippen LogP contribution in [0.2, 0.25) is 0 Å². The van der Waals surface area contributed by atoms with Gasteiger partial charge >= 0.3 is 0 Å². The highest BCUT2D eigenvalue weighted by atomic mass is 16.1. The maximum atomic E-state index is 12.4. The van der Waals surface area contributed by atoms with Gasteiger partial charge in [0.1, 0.15) is 0 Å². The van der Waals surface area contributed by atoms with Crippen molar-refractivity contribution in [3.63, 3.8) is 0 Å². The van der Waals surface area contributed by atoms with Gasteiger partial charge in [-0.2, -0.15) is 5.10 Å². The quantitative estimate of drug-likeness (QED) is 0.775. The SMILES string of the molecule is CCc1c(NC(=O)Cc2ccncc2C)cnn1-c1cccc(C)c1. The molecule has 0 aliphatic heterocycles. The Labute approximate surface area is 147 Å². The molecule has 1 amide bonds. The van der Waals surface area contributed by atoms with Gasteiger partial charge in [0.15, 0.2) is 0 Å². The smallest absolute Gasteiger partial charge is 0.228 e. The summed E-state index contributed by atoms with van der Waals surface area (Å²) in [4.78, 5) is 16.5. The fourth-order valence-corrected chi connectivity index (χ4v) is 2.87. The van der Waals surface area contributed by atoms with Crippen molar-refractivity contribution in [1.82, 2.24) is 14.8 Å². The second-order valence-electron chi connectivity index (χ2n) is 6.14. The molecule has 3 aromatic rings. The van der Waals surface area contributed by atoms with Crippen molar-refractivity contribution in [2.24, 2.45) is 0 Å². The Bertz CT molecular complexity index is 898. The number of benzene rings is 1. The fraction of sp³-hybridized carbons (Fsp3) is 0.250. The van der Waals surface area contributed by atoms with Crippen molar-refractivity contribution in [3.8, 4) is 5.69 Å². The highest BCUT2D eigenvalue weighted by Gasteiger charge is 2.14. The number of nitrogens with zero attached hydrogens (tertiary/aromatic N) is 3. The molecule has 0 bridgehead atoms. The highest BCUT2D eigenvalue weighted by Crippen LogP contribution is 2.21. The summed E-state index contributed by atoms with van der Waals surface area (Å²) in [5.41, 5.74) is 5.93. The number of anilines is 1. The first-order valence-corrected chi connectivity index (χ1v) is 8.41. The van der Waals surface area contributed by atoms with Gasteiger partial charge in [0.2, 0.25) is 5.91 Å². The van der Waals surface area contributed by atoms with Gasteiger partial charge < -0.3 is 5.32 Å². The summed E-state index contributed by atoms with van der Waals surface area (Å²) < 4.78 is 1.89. The summed E-state index contributed by atoms with van der Waals surface area (Å²) >= 11 is 0. The van der Waals surface area contributed by atoms with Crippen molar-refractivity contribution in [1.29, 1.82) is 0 Å². The van der Waals surface area contributed by atoms with Crippen LogP contribution in [0.4, 0.5) is 5.69 Å². The Hall–Kier alpha value is -2.95. The number of hydrogen-bond acceptors (Lipinski definition) is 3. The lowest BCUT2D eigenvalue weighted by atomic mass is 10.1. The van der Waals surface area contributed by atoms with Crippen molar-refractivity contribution in [3.05, 3.63) is 71.3 Å². The molecule has 1 N–H and O–H groups in total. The molecule has 3 rings (SSSR count). The second kappa shape index (κ2) is 7.30. The van der Waals surface area contributed by atoms with Crippen LogP contribution in [-0.4, -0.2) is 20.7 Å². The van der Waals surface area contributed by atoms with Gasteiger partial charge in [0, 0.05) is 12.4 Å². The van der Waals surface area contributed by atoms with E-state index in [9.17, 15) is 4.79 Å². The van der Waals surface area contributed by atoms with Crippen LogP contribution in [-0.2, 0) is 17.6 Å². The molecule has 0 saturated heterocycles. The predicted octanol–water partition coefficient (Wildman–Crippen LogP) is 3.63. The molecular formula is C20H22N4O. The molecule has 0 radical (unpaired) electrons. The standard InChI is InChI=1S/C20H22N4O/c1-4-19-18(13-22-24(19)17-7-5-6-14(2)10-17)23-20(25)11-16-8-9-21-12-15(16)3/h5-10,12-13H,4,11H2,1-3H3,(H,23,25). The summed E-state index contributed by atoms with van der Waals surface area (Å²) in [5.74, 6) is -0.0483. The Morgan fingerprint density at radius 3 is 2.76 bits per heavy atom. The average molecular weight is 334 g/mol. The van der Waals surface area contributed by atoms with E-state index < -0.39 is 0 Å². The first-order chi connectivity index (χ1) is 12.1. The Kier molecular flexibility index (Phi) is 4.93. The summed E-state index contributed by atoms with van der Waals surface area (Å²) in [6.45, 7) is 6.08. The molecular weight excluding hydrogens is 312 g/mol. The summed E-state index contributed by atoms with van der Waals surface area (Å²) in [5, 5.41) is 7.47. The molecule has 25 heavy (non-hydrogen) atoms.